The Balaban J connectivity index is 1.52. The molecule has 1 aliphatic carbocycles. The van der Waals surface area contributed by atoms with Crippen LogP contribution in [0.15, 0.2) is 42.5 Å². The van der Waals surface area contributed by atoms with E-state index < -0.39 is 30.6 Å². The number of aryl methyl sites for hydroxylation is 2. The summed E-state index contributed by atoms with van der Waals surface area (Å²) in [6.07, 6.45) is 3.03. The summed E-state index contributed by atoms with van der Waals surface area (Å²) in [4.78, 5) is 35.5. The van der Waals surface area contributed by atoms with E-state index in [1.54, 1.807) is 24.3 Å². The van der Waals surface area contributed by atoms with Crippen molar-refractivity contribution in [2.24, 2.45) is 5.73 Å². The van der Waals surface area contributed by atoms with Crippen LogP contribution in [0.2, 0.25) is 5.02 Å². The topological polar surface area (TPSA) is 111 Å². The second kappa shape index (κ2) is 9.43. The lowest BCUT2D eigenvalue weighted by Crippen LogP contribution is -2.35. The minimum Gasteiger partial charge on any atom is -0.455 e. The van der Waals surface area contributed by atoms with Gasteiger partial charge in [-0.05, 0) is 60.2 Å². The number of benzene rings is 2. The number of ether oxygens (including phenoxy) is 1. The van der Waals surface area contributed by atoms with Gasteiger partial charge in [-0.3, -0.25) is 9.59 Å². The highest BCUT2D eigenvalue weighted by Gasteiger charge is 2.19. The number of amides is 3. The van der Waals surface area contributed by atoms with Gasteiger partial charge in [-0.1, -0.05) is 29.8 Å². The maximum absolute atomic E-state index is 12.2. The molecule has 1 unspecified atom stereocenters. The Hall–Kier alpha value is -3.06. The molecular formula is C21H22ClN3O4. The first-order valence-electron chi connectivity index (χ1n) is 9.29. The number of esters is 1. The van der Waals surface area contributed by atoms with Gasteiger partial charge in [0.05, 0.1) is 12.5 Å². The van der Waals surface area contributed by atoms with Crippen molar-refractivity contribution in [1.29, 1.82) is 0 Å². The van der Waals surface area contributed by atoms with Crippen LogP contribution >= 0.6 is 11.6 Å². The van der Waals surface area contributed by atoms with Crippen LogP contribution in [0.4, 0.5) is 10.5 Å². The number of nitrogens with one attached hydrogen (secondary N) is 2. The average molecular weight is 416 g/mol. The van der Waals surface area contributed by atoms with Gasteiger partial charge in [0, 0.05) is 10.7 Å². The second-order valence-electron chi connectivity index (χ2n) is 6.86. The van der Waals surface area contributed by atoms with Crippen LogP contribution in [-0.4, -0.2) is 24.5 Å². The highest BCUT2D eigenvalue weighted by atomic mass is 35.5. The predicted molar refractivity (Wildman–Crippen MR) is 110 cm³/mol. The maximum Gasteiger partial charge on any atom is 0.312 e. The lowest BCUT2D eigenvalue weighted by Gasteiger charge is -2.17. The minimum atomic E-state index is -0.771. The third-order valence-electron chi connectivity index (χ3n) is 4.71. The monoisotopic (exact) mass is 415 g/mol. The van der Waals surface area contributed by atoms with E-state index in [-0.39, 0.29) is 6.42 Å². The van der Waals surface area contributed by atoms with Crippen molar-refractivity contribution in [3.63, 3.8) is 0 Å². The van der Waals surface area contributed by atoms with Gasteiger partial charge in [0.1, 0.15) is 0 Å². The third-order valence-corrected chi connectivity index (χ3v) is 4.96. The summed E-state index contributed by atoms with van der Waals surface area (Å²) in [6, 6.07) is 11.0. The van der Waals surface area contributed by atoms with E-state index in [9.17, 15) is 14.4 Å². The number of anilines is 1. The molecule has 0 radical (unpaired) electrons. The molecule has 0 heterocycles. The van der Waals surface area contributed by atoms with E-state index >= 15 is 0 Å². The van der Waals surface area contributed by atoms with Gasteiger partial charge in [-0.25, -0.2) is 4.79 Å². The van der Waals surface area contributed by atoms with Gasteiger partial charge in [-0.15, -0.1) is 0 Å². The Morgan fingerprint density at radius 1 is 1.07 bits per heavy atom. The fraction of sp³-hybridized carbons (Fsp3) is 0.286. The molecule has 4 N–H and O–H groups in total. The molecule has 0 fully saturated rings. The van der Waals surface area contributed by atoms with E-state index in [4.69, 9.17) is 22.1 Å². The predicted octanol–water partition coefficient (Wildman–Crippen LogP) is 3.11. The highest BCUT2D eigenvalue weighted by molar-refractivity contribution is 6.30. The Morgan fingerprint density at radius 3 is 2.52 bits per heavy atom. The number of fused-ring (bicyclic) bond motifs is 1. The summed E-state index contributed by atoms with van der Waals surface area (Å²) in [5.74, 6) is -1.06. The van der Waals surface area contributed by atoms with E-state index in [0.29, 0.717) is 16.3 Å². The lowest BCUT2D eigenvalue weighted by molar-refractivity contribution is -0.147. The fourth-order valence-corrected chi connectivity index (χ4v) is 3.46. The molecule has 1 atom stereocenters. The number of rotatable bonds is 7. The van der Waals surface area contributed by atoms with Crippen molar-refractivity contribution in [3.05, 3.63) is 64.2 Å². The number of hydrogen-bond acceptors (Lipinski definition) is 4. The first-order valence-corrected chi connectivity index (χ1v) is 9.67. The smallest absolute Gasteiger partial charge is 0.312 e. The third kappa shape index (κ3) is 5.96. The number of halogens is 1. The van der Waals surface area contributed by atoms with E-state index in [1.807, 2.05) is 18.2 Å². The number of carbonyl (C=O) groups is 3. The zero-order valence-corrected chi connectivity index (χ0v) is 16.5. The minimum absolute atomic E-state index is 0.170. The zero-order valence-electron chi connectivity index (χ0n) is 15.7. The molecule has 7 nitrogen and oxygen atoms in total. The molecule has 29 heavy (non-hydrogen) atoms. The molecule has 0 bridgehead atoms. The standard InChI is InChI=1S/C21H22ClN3O4/c22-16-7-4-14(5-8-16)18(25-21(23)28)11-20(27)29-12-19(26)24-17-9-6-13-2-1-3-15(13)10-17/h4-10,18H,1-3,11-12H2,(H,24,26)(H3,23,25,28). The summed E-state index contributed by atoms with van der Waals surface area (Å²) in [7, 11) is 0. The Bertz CT molecular complexity index is 915. The Labute approximate surface area is 173 Å². The van der Waals surface area contributed by atoms with Crippen LogP contribution in [0.25, 0.3) is 0 Å². The molecule has 0 aromatic heterocycles. The summed E-state index contributed by atoms with van der Waals surface area (Å²) in [5, 5.41) is 5.75. The van der Waals surface area contributed by atoms with Gasteiger partial charge >= 0.3 is 12.0 Å². The van der Waals surface area contributed by atoms with E-state index in [1.165, 1.54) is 11.1 Å². The Kier molecular flexibility index (Phi) is 6.72. The summed E-state index contributed by atoms with van der Waals surface area (Å²) >= 11 is 5.86. The van der Waals surface area contributed by atoms with Crippen LogP contribution in [-0.2, 0) is 27.2 Å². The summed E-state index contributed by atoms with van der Waals surface area (Å²) in [5.41, 5.74) is 9.07. The van der Waals surface area contributed by atoms with Crippen molar-refractivity contribution < 1.29 is 19.1 Å². The van der Waals surface area contributed by atoms with Gasteiger partial charge in [0.25, 0.3) is 5.91 Å². The number of hydrogen-bond donors (Lipinski definition) is 3. The normalized spacial score (nSPS) is 13.3. The molecule has 2 aromatic carbocycles. The zero-order chi connectivity index (χ0) is 20.8. The SMILES string of the molecule is NC(=O)NC(CC(=O)OCC(=O)Nc1ccc2c(c1)CCC2)c1ccc(Cl)cc1. The molecule has 3 rings (SSSR count). The van der Waals surface area contributed by atoms with Gasteiger partial charge in [0.15, 0.2) is 6.61 Å². The van der Waals surface area contributed by atoms with Crippen LogP contribution in [0.5, 0.6) is 0 Å². The molecule has 152 valence electrons. The number of nitrogens with two attached hydrogens (primary N) is 1. The van der Waals surface area contributed by atoms with Gasteiger partial charge < -0.3 is 21.1 Å². The van der Waals surface area contributed by atoms with Crippen molar-refractivity contribution in [3.8, 4) is 0 Å². The molecule has 3 amide bonds. The molecule has 0 spiro atoms. The van der Waals surface area contributed by atoms with Crippen molar-refractivity contribution in [1.82, 2.24) is 5.32 Å². The quantitative estimate of drug-likeness (QED) is 0.603. The molecule has 1 aliphatic rings. The number of urea groups is 1. The summed E-state index contributed by atoms with van der Waals surface area (Å²) < 4.78 is 5.06. The lowest BCUT2D eigenvalue weighted by atomic mass is 10.0. The van der Waals surface area contributed by atoms with Crippen LogP contribution in [0.3, 0.4) is 0 Å². The number of primary amides is 1. The molecule has 2 aromatic rings. The van der Waals surface area contributed by atoms with Crippen LogP contribution in [0, 0.1) is 0 Å². The Morgan fingerprint density at radius 2 is 1.79 bits per heavy atom. The largest absolute Gasteiger partial charge is 0.455 e. The number of carbonyl (C=O) groups excluding carboxylic acids is 3. The summed E-state index contributed by atoms with van der Waals surface area (Å²) in [6.45, 7) is -0.417. The molecular weight excluding hydrogens is 394 g/mol. The van der Waals surface area contributed by atoms with Crippen molar-refractivity contribution in [2.45, 2.75) is 31.7 Å². The van der Waals surface area contributed by atoms with Crippen LogP contribution in [0.1, 0.15) is 35.6 Å². The maximum atomic E-state index is 12.2. The molecule has 0 saturated carbocycles. The molecule has 0 saturated heterocycles. The average Bonchev–Trinajstić information content (AvgIpc) is 3.14. The second-order valence-corrected chi connectivity index (χ2v) is 7.30. The first-order chi connectivity index (χ1) is 13.9. The van der Waals surface area contributed by atoms with Gasteiger partial charge in [0.2, 0.25) is 0 Å². The van der Waals surface area contributed by atoms with Crippen LogP contribution < -0.4 is 16.4 Å². The van der Waals surface area contributed by atoms with E-state index in [2.05, 4.69) is 10.6 Å². The van der Waals surface area contributed by atoms with Crippen molar-refractivity contribution in [2.75, 3.05) is 11.9 Å². The molecule has 8 heteroatoms. The van der Waals surface area contributed by atoms with E-state index in [0.717, 1.165) is 19.3 Å². The first kappa shape index (κ1) is 20.7. The van der Waals surface area contributed by atoms with Gasteiger partial charge in [-0.2, -0.15) is 0 Å². The van der Waals surface area contributed by atoms with Crippen molar-refractivity contribution >= 4 is 35.2 Å². The highest BCUT2D eigenvalue weighted by Crippen LogP contribution is 2.25. The molecule has 0 aliphatic heterocycles. The fourth-order valence-electron chi connectivity index (χ4n) is 3.34.